The van der Waals surface area contributed by atoms with E-state index in [1.54, 1.807) is 12.1 Å². The van der Waals surface area contributed by atoms with Gasteiger partial charge in [-0.05, 0) is 50.0 Å². The lowest BCUT2D eigenvalue weighted by molar-refractivity contribution is 0.268. The first kappa shape index (κ1) is 16.4. The Labute approximate surface area is 125 Å². The van der Waals surface area contributed by atoms with Crippen molar-refractivity contribution in [3.05, 3.63) is 35.6 Å². The zero-order valence-electron chi connectivity index (χ0n) is 12.2. The Balaban J connectivity index is 1.86. The van der Waals surface area contributed by atoms with E-state index >= 15 is 0 Å². The molecule has 5 nitrogen and oxygen atoms in total. The minimum atomic E-state index is -3.46. The fraction of sp³-hybridized carbons (Fsp3) is 0.571. The quantitative estimate of drug-likeness (QED) is 0.826. The molecule has 1 aromatic carbocycles. The highest BCUT2D eigenvalue weighted by molar-refractivity contribution is 7.87. The van der Waals surface area contributed by atoms with E-state index in [0.717, 1.165) is 24.9 Å². The maximum absolute atomic E-state index is 12.8. The molecule has 0 unspecified atom stereocenters. The largest absolute Gasteiger partial charge is 0.319 e. The van der Waals surface area contributed by atoms with E-state index in [2.05, 4.69) is 10.0 Å². The monoisotopic (exact) mass is 315 g/mol. The average Bonchev–Trinajstić information content (AvgIpc) is 2.48. The molecule has 0 bridgehead atoms. The fourth-order valence-electron chi connectivity index (χ4n) is 2.51. The van der Waals surface area contributed by atoms with E-state index in [0.29, 0.717) is 19.0 Å². The third-order valence-corrected chi connectivity index (χ3v) is 5.33. The number of hydrogen-bond donors (Lipinski definition) is 2. The van der Waals surface area contributed by atoms with E-state index < -0.39 is 10.2 Å². The molecule has 2 rings (SSSR count). The highest BCUT2D eigenvalue weighted by atomic mass is 32.2. The predicted octanol–water partition coefficient (Wildman–Crippen LogP) is 1.09. The molecule has 0 aliphatic carbocycles. The van der Waals surface area contributed by atoms with Gasteiger partial charge >= 0.3 is 0 Å². The summed E-state index contributed by atoms with van der Waals surface area (Å²) in [4.78, 5) is 0. The van der Waals surface area contributed by atoms with E-state index in [1.807, 2.05) is 7.05 Å². The third kappa shape index (κ3) is 4.74. The number of halogens is 1. The molecule has 1 aliphatic rings. The van der Waals surface area contributed by atoms with Gasteiger partial charge in [0, 0.05) is 19.6 Å². The lowest BCUT2D eigenvalue weighted by atomic mass is 9.98. The van der Waals surface area contributed by atoms with Gasteiger partial charge in [-0.25, -0.2) is 4.39 Å². The Bertz CT molecular complexity index is 540. The molecule has 21 heavy (non-hydrogen) atoms. The summed E-state index contributed by atoms with van der Waals surface area (Å²) in [5, 5.41) is 3.13. The molecule has 2 N–H and O–H groups in total. The van der Waals surface area contributed by atoms with Crippen molar-refractivity contribution in [3.63, 3.8) is 0 Å². The van der Waals surface area contributed by atoms with Crippen LogP contribution in [0.4, 0.5) is 4.39 Å². The second-order valence-corrected chi connectivity index (χ2v) is 7.11. The maximum Gasteiger partial charge on any atom is 0.279 e. The predicted molar refractivity (Wildman–Crippen MR) is 80.4 cm³/mol. The van der Waals surface area contributed by atoms with Gasteiger partial charge in [-0.1, -0.05) is 12.1 Å². The van der Waals surface area contributed by atoms with E-state index in [9.17, 15) is 12.8 Å². The van der Waals surface area contributed by atoms with Crippen molar-refractivity contribution >= 4 is 10.2 Å². The van der Waals surface area contributed by atoms with Crippen LogP contribution in [0, 0.1) is 11.7 Å². The molecular weight excluding hydrogens is 293 g/mol. The van der Waals surface area contributed by atoms with Crippen molar-refractivity contribution in [2.75, 3.05) is 26.7 Å². The van der Waals surface area contributed by atoms with Crippen LogP contribution in [-0.4, -0.2) is 39.4 Å². The van der Waals surface area contributed by atoms with E-state index in [-0.39, 0.29) is 12.4 Å². The van der Waals surface area contributed by atoms with Crippen molar-refractivity contribution in [2.24, 2.45) is 5.92 Å². The summed E-state index contributed by atoms with van der Waals surface area (Å²) in [7, 11) is -1.55. The minimum Gasteiger partial charge on any atom is -0.319 e. The molecular formula is C14H22FN3O2S. The fourth-order valence-corrected chi connectivity index (χ4v) is 3.73. The molecule has 0 amide bonds. The Kier molecular flexibility index (Phi) is 5.69. The molecule has 1 saturated heterocycles. The van der Waals surface area contributed by atoms with Crippen molar-refractivity contribution in [1.82, 2.24) is 14.3 Å². The zero-order valence-corrected chi connectivity index (χ0v) is 13.0. The van der Waals surface area contributed by atoms with Crippen LogP contribution >= 0.6 is 0 Å². The molecule has 118 valence electrons. The first-order valence-electron chi connectivity index (χ1n) is 7.15. The normalized spacial score (nSPS) is 18.0. The number of piperidine rings is 1. The summed E-state index contributed by atoms with van der Waals surface area (Å²) in [5.41, 5.74) is 0.741. The van der Waals surface area contributed by atoms with E-state index in [1.165, 1.54) is 16.4 Å². The van der Waals surface area contributed by atoms with Gasteiger partial charge in [0.1, 0.15) is 5.82 Å². The van der Waals surface area contributed by atoms with Gasteiger partial charge in [-0.15, -0.1) is 0 Å². The minimum absolute atomic E-state index is 0.180. The molecule has 1 fully saturated rings. The summed E-state index contributed by atoms with van der Waals surface area (Å²) in [6.45, 7) is 2.20. The van der Waals surface area contributed by atoms with Gasteiger partial charge < -0.3 is 5.32 Å². The second kappa shape index (κ2) is 7.31. The first-order chi connectivity index (χ1) is 10.0. The van der Waals surface area contributed by atoms with Crippen molar-refractivity contribution in [3.8, 4) is 0 Å². The number of hydrogen-bond acceptors (Lipinski definition) is 3. The summed E-state index contributed by atoms with van der Waals surface area (Å²) in [5.74, 6) is 0.215. The summed E-state index contributed by atoms with van der Waals surface area (Å²) >= 11 is 0. The van der Waals surface area contributed by atoms with Gasteiger partial charge in [0.2, 0.25) is 0 Å². The summed E-state index contributed by atoms with van der Waals surface area (Å²) in [6.07, 6.45) is 1.75. The molecule has 0 atom stereocenters. The number of benzene rings is 1. The van der Waals surface area contributed by atoms with Crippen LogP contribution in [0.3, 0.4) is 0 Å². The van der Waals surface area contributed by atoms with Gasteiger partial charge in [0.05, 0.1) is 0 Å². The van der Waals surface area contributed by atoms with Gasteiger partial charge in [0.15, 0.2) is 0 Å². The molecule has 7 heteroatoms. The van der Waals surface area contributed by atoms with Crippen molar-refractivity contribution in [2.45, 2.75) is 19.4 Å². The number of nitrogens with one attached hydrogen (secondary N) is 2. The van der Waals surface area contributed by atoms with Gasteiger partial charge in [0.25, 0.3) is 10.2 Å². The van der Waals surface area contributed by atoms with Crippen LogP contribution in [0.25, 0.3) is 0 Å². The van der Waals surface area contributed by atoms with Crippen molar-refractivity contribution in [1.29, 1.82) is 0 Å². The van der Waals surface area contributed by atoms with Crippen LogP contribution in [0.1, 0.15) is 18.4 Å². The van der Waals surface area contributed by atoms with Crippen LogP contribution in [0.15, 0.2) is 24.3 Å². The number of rotatable bonds is 6. The zero-order chi connectivity index (χ0) is 15.3. The molecule has 1 aliphatic heterocycles. The highest BCUT2D eigenvalue weighted by Crippen LogP contribution is 2.18. The molecule has 0 radical (unpaired) electrons. The Morgan fingerprint density at radius 2 is 1.86 bits per heavy atom. The lowest BCUT2D eigenvalue weighted by Crippen LogP contribution is -2.45. The molecule has 0 saturated carbocycles. The summed E-state index contributed by atoms with van der Waals surface area (Å²) in [6, 6.07) is 5.81. The van der Waals surface area contributed by atoms with Crippen LogP contribution < -0.4 is 10.0 Å². The SMILES string of the molecule is CNCC1CCN(S(=O)(=O)NCc2ccc(F)cc2)CC1. The highest BCUT2D eigenvalue weighted by Gasteiger charge is 2.27. The standard InChI is InChI=1S/C14H22FN3O2S/c1-16-10-13-6-8-18(9-7-13)21(19,20)17-11-12-2-4-14(15)5-3-12/h2-5,13,16-17H,6-11H2,1H3. The first-order valence-corrected chi connectivity index (χ1v) is 8.59. The topological polar surface area (TPSA) is 61.4 Å². The smallest absolute Gasteiger partial charge is 0.279 e. The molecule has 1 aromatic rings. The van der Waals surface area contributed by atoms with E-state index in [4.69, 9.17) is 0 Å². The third-order valence-electron chi connectivity index (χ3n) is 3.78. The molecule has 1 heterocycles. The van der Waals surface area contributed by atoms with Crippen molar-refractivity contribution < 1.29 is 12.8 Å². The summed E-state index contributed by atoms with van der Waals surface area (Å²) < 4.78 is 41.3. The average molecular weight is 315 g/mol. The van der Waals surface area contributed by atoms with Gasteiger partial charge in [-0.2, -0.15) is 17.4 Å². The molecule has 0 aromatic heterocycles. The lowest BCUT2D eigenvalue weighted by Gasteiger charge is -2.31. The Morgan fingerprint density at radius 3 is 2.43 bits per heavy atom. The second-order valence-electron chi connectivity index (χ2n) is 5.35. The molecule has 0 spiro atoms. The van der Waals surface area contributed by atoms with Gasteiger partial charge in [-0.3, -0.25) is 0 Å². The Hall–Kier alpha value is -1.02. The Morgan fingerprint density at radius 1 is 1.24 bits per heavy atom. The van der Waals surface area contributed by atoms with Crippen LogP contribution in [0.5, 0.6) is 0 Å². The van der Waals surface area contributed by atoms with Crippen LogP contribution in [0.2, 0.25) is 0 Å². The maximum atomic E-state index is 12.8. The van der Waals surface area contributed by atoms with Crippen LogP contribution in [-0.2, 0) is 16.8 Å². The number of nitrogens with zero attached hydrogens (tertiary/aromatic N) is 1.